The molecular weight excluding hydrogens is 765 g/mol. The van der Waals surface area contributed by atoms with Crippen molar-refractivity contribution in [2.24, 2.45) is 0 Å². The van der Waals surface area contributed by atoms with Gasteiger partial charge in [0.15, 0.2) is 6.29 Å². The van der Waals surface area contributed by atoms with E-state index >= 15 is 0 Å². The molecule has 1 saturated heterocycles. The van der Waals surface area contributed by atoms with Gasteiger partial charge in [-0.2, -0.15) is 8.42 Å². The first-order chi connectivity index (χ1) is 28.1. The van der Waals surface area contributed by atoms with Gasteiger partial charge in [0.2, 0.25) is 0 Å². The van der Waals surface area contributed by atoms with Crippen LogP contribution in [0.25, 0.3) is 0 Å². The fourth-order valence-corrected chi connectivity index (χ4v) is 6.56. The largest absolute Gasteiger partial charge is 0.457 e. The van der Waals surface area contributed by atoms with Gasteiger partial charge in [-0.3, -0.25) is 9.35 Å². The van der Waals surface area contributed by atoms with Crippen LogP contribution in [-0.2, 0) is 38.3 Å². The van der Waals surface area contributed by atoms with E-state index in [1.54, 1.807) is 0 Å². The lowest BCUT2D eigenvalue weighted by atomic mass is 9.99. The highest BCUT2D eigenvalue weighted by Crippen LogP contribution is 2.26. The number of allylic oxidation sites excluding steroid dienone is 12. The van der Waals surface area contributed by atoms with Crippen molar-refractivity contribution in [1.29, 1.82) is 0 Å². The van der Waals surface area contributed by atoms with E-state index in [1.165, 1.54) is 19.3 Å². The lowest BCUT2D eigenvalue weighted by Gasteiger charge is -2.41. The Kier molecular flexibility index (Phi) is 33.6. The van der Waals surface area contributed by atoms with Crippen molar-refractivity contribution in [3.8, 4) is 0 Å². The molecule has 0 bridgehead atoms. The quantitative estimate of drug-likeness (QED) is 0.0204. The zero-order chi connectivity index (χ0) is 42.5. The predicted molar refractivity (Wildman–Crippen MR) is 229 cm³/mol. The minimum Gasteiger partial charge on any atom is -0.457 e. The maximum absolute atomic E-state index is 12.8. The Hall–Kier alpha value is -2.46. The van der Waals surface area contributed by atoms with Crippen molar-refractivity contribution in [1.82, 2.24) is 0 Å². The number of rotatable bonds is 36. The van der Waals surface area contributed by atoms with Gasteiger partial charge in [0, 0.05) is 13.0 Å². The molecule has 0 saturated carbocycles. The zero-order valence-corrected chi connectivity index (χ0v) is 36.1. The SMILES string of the molecule is CC/C=C\C/C=C\C/C=C\C/C=C\CCCCCCC(=O)OC(COCCCCCCCC/C=C\C/C=C\CCC)COC1OC(CO)C(O)C(OS(=O)(=O)O)C1O. The summed E-state index contributed by atoms with van der Waals surface area (Å²) >= 11 is 0. The van der Waals surface area contributed by atoms with E-state index in [1.807, 2.05) is 0 Å². The molecule has 6 atom stereocenters. The molecule has 334 valence electrons. The molecule has 0 spiro atoms. The van der Waals surface area contributed by atoms with Crippen molar-refractivity contribution >= 4 is 16.4 Å². The molecule has 1 fully saturated rings. The molecular formula is C45H76O12S. The average Bonchev–Trinajstić information content (AvgIpc) is 3.19. The number of unbranched alkanes of at least 4 members (excludes halogenated alkanes) is 11. The minimum atomic E-state index is -5.07. The minimum absolute atomic E-state index is 0.0143. The molecule has 0 radical (unpaired) electrons. The van der Waals surface area contributed by atoms with Crippen molar-refractivity contribution in [3.05, 3.63) is 72.9 Å². The Morgan fingerprint density at radius 2 is 1.19 bits per heavy atom. The third-order valence-electron chi connectivity index (χ3n) is 9.29. The van der Waals surface area contributed by atoms with E-state index in [0.717, 1.165) is 96.3 Å². The first-order valence-electron chi connectivity index (χ1n) is 21.7. The highest BCUT2D eigenvalue weighted by molar-refractivity contribution is 7.80. The highest BCUT2D eigenvalue weighted by atomic mass is 32.3. The van der Waals surface area contributed by atoms with Gasteiger partial charge in [-0.15, -0.1) is 0 Å². The molecule has 12 nitrogen and oxygen atoms in total. The van der Waals surface area contributed by atoms with Gasteiger partial charge >= 0.3 is 16.4 Å². The summed E-state index contributed by atoms with van der Waals surface area (Å²) in [6.07, 6.45) is 36.5. The smallest absolute Gasteiger partial charge is 0.397 e. The Morgan fingerprint density at radius 3 is 1.74 bits per heavy atom. The summed E-state index contributed by atoms with van der Waals surface area (Å²) in [5, 5.41) is 30.6. The first-order valence-corrected chi connectivity index (χ1v) is 23.1. The molecule has 0 aromatic rings. The van der Waals surface area contributed by atoms with Crippen LogP contribution in [0.3, 0.4) is 0 Å². The molecule has 0 amide bonds. The van der Waals surface area contributed by atoms with Crippen molar-refractivity contribution in [2.75, 3.05) is 26.4 Å². The molecule has 1 aliphatic rings. The van der Waals surface area contributed by atoms with E-state index in [2.05, 4.69) is 90.9 Å². The Labute approximate surface area is 350 Å². The van der Waals surface area contributed by atoms with E-state index in [0.29, 0.717) is 13.0 Å². The van der Waals surface area contributed by atoms with Crippen LogP contribution >= 0.6 is 0 Å². The molecule has 0 aliphatic carbocycles. The fourth-order valence-electron chi connectivity index (χ4n) is 6.05. The second kappa shape index (κ2) is 36.4. The van der Waals surface area contributed by atoms with Crippen LogP contribution in [0, 0.1) is 0 Å². The summed E-state index contributed by atoms with van der Waals surface area (Å²) in [7, 11) is -5.07. The van der Waals surface area contributed by atoms with Crippen LogP contribution in [-0.4, -0.2) is 97.5 Å². The van der Waals surface area contributed by atoms with Crippen LogP contribution in [0.2, 0.25) is 0 Å². The van der Waals surface area contributed by atoms with Crippen LogP contribution in [0.1, 0.15) is 142 Å². The van der Waals surface area contributed by atoms with Gasteiger partial charge in [0.05, 0.1) is 19.8 Å². The maximum Gasteiger partial charge on any atom is 0.397 e. The summed E-state index contributed by atoms with van der Waals surface area (Å²) < 4.78 is 58.9. The number of ether oxygens (including phenoxy) is 4. The number of aliphatic hydroxyl groups is 3. The van der Waals surface area contributed by atoms with Crippen LogP contribution in [0.15, 0.2) is 72.9 Å². The molecule has 0 aromatic carbocycles. The van der Waals surface area contributed by atoms with Gasteiger partial charge in [-0.1, -0.05) is 132 Å². The summed E-state index contributed by atoms with van der Waals surface area (Å²) in [6, 6.07) is 0. The fraction of sp³-hybridized carbons (Fsp3) is 0.711. The second-order valence-electron chi connectivity index (χ2n) is 14.5. The Bertz CT molecular complexity index is 1290. The van der Waals surface area contributed by atoms with Gasteiger partial charge < -0.3 is 34.3 Å². The topological polar surface area (TPSA) is 178 Å². The number of hydrogen-bond acceptors (Lipinski definition) is 11. The lowest BCUT2D eigenvalue weighted by molar-refractivity contribution is -0.301. The molecule has 1 heterocycles. The lowest BCUT2D eigenvalue weighted by Crippen LogP contribution is -2.60. The summed E-state index contributed by atoms with van der Waals surface area (Å²) in [5.41, 5.74) is 0. The normalized spacial score (nSPS) is 21.2. The number of hydrogen-bond donors (Lipinski definition) is 4. The van der Waals surface area contributed by atoms with E-state index in [-0.39, 0.29) is 19.6 Å². The molecule has 6 unspecified atom stereocenters. The van der Waals surface area contributed by atoms with Crippen molar-refractivity contribution in [3.63, 3.8) is 0 Å². The third-order valence-corrected chi connectivity index (χ3v) is 9.76. The molecule has 58 heavy (non-hydrogen) atoms. The molecule has 4 N–H and O–H groups in total. The number of carbonyl (C=O) groups is 1. The molecule has 1 rings (SSSR count). The highest BCUT2D eigenvalue weighted by Gasteiger charge is 2.48. The van der Waals surface area contributed by atoms with E-state index in [9.17, 15) is 28.5 Å². The van der Waals surface area contributed by atoms with Crippen molar-refractivity contribution < 1.29 is 56.2 Å². The zero-order valence-electron chi connectivity index (χ0n) is 35.3. The predicted octanol–water partition coefficient (Wildman–Crippen LogP) is 8.74. The monoisotopic (exact) mass is 841 g/mol. The van der Waals surface area contributed by atoms with E-state index < -0.39 is 59.8 Å². The molecule has 1 aliphatic heterocycles. The first kappa shape index (κ1) is 53.6. The Morgan fingerprint density at radius 1 is 0.672 bits per heavy atom. The van der Waals surface area contributed by atoms with Gasteiger partial charge in [-0.05, 0) is 77.0 Å². The summed E-state index contributed by atoms with van der Waals surface area (Å²) in [4.78, 5) is 12.8. The van der Waals surface area contributed by atoms with Crippen molar-refractivity contribution in [2.45, 2.75) is 179 Å². The number of aliphatic hydroxyl groups excluding tert-OH is 3. The van der Waals surface area contributed by atoms with Gasteiger partial charge in [0.25, 0.3) is 0 Å². The number of esters is 1. The average molecular weight is 841 g/mol. The van der Waals surface area contributed by atoms with Crippen LogP contribution < -0.4 is 0 Å². The summed E-state index contributed by atoms with van der Waals surface area (Å²) in [6.45, 7) is 3.73. The standard InChI is InChI=1S/C45H76O12S/c1-3-5-7-9-11-13-15-17-19-20-21-22-24-26-28-30-32-34-41(47)55-39(37-53-35-33-31-29-27-25-23-18-16-14-12-10-8-6-4-2)38-54-45-43(49)44(57-58(50,51)52)42(48)40(36-46)56-45/h5,7-8,10-11,13-14,16-17,19,21-22,39-40,42-46,48-49H,3-4,6,9,12,15,18,20,23-38H2,1-2H3,(H,50,51,52)/b7-5-,10-8-,13-11-,16-14-,19-17-,22-21-. The third kappa shape index (κ3) is 29.7. The van der Waals surface area contributed by atoms with Gasteiger partial charge in [0.1, 0.15) is 30.5 Å². The maximum atomic E-state index is 12.8. The van der Waals surface area contributed by atoms with E-state index in [4.69, 9.17) is 23.5 Å². The number of carbonyl (C=O) groups excluding carboxylic acids is 1. The summed E-state index contributed by atoms with van der Waals surface area (Å²) in [5.74, 6) is -0.430. The van der Waals surface area contributed by atoms with Gasteiger partial charge in [-0.25, -0.2) is 4.18 Å². The van der Waals surface area contributed by atoms with Crippen LogP contribution in [0.4, 0.5) is 0 Å². The van der Waals surface area contributed by atoms with Crippen LogP contribution in [0.5, 0.6) is 0 Å². The molecule has 13 heteroatoms. The Balaban J connectivity index is 2.49. The molecule has 0 aromatic heterocycles. The second-order valence-corrected chi connectivity index (χ2v) is 15.6.